The lowest BCUT2D eigenvalue weighted by Crippen LogP contribution is -2.30. The molecule has 0 bridgehead atoms. The number of hydrogen-bond donors (Lipinski definition) is 1. The Hall–Kier alpha value is -3.28. The van der Waals surface area contributed by atoms with E-state index in [1.165, 1.54) is 0 Å². The van der Waals surface area contributed by atoms with Crippen LogP contribution in [0.1, 0.15) is 69.2 Å². The van der Waals surface area contributed by atoms with Crippen LogP contribution in [-0.4, -0.2) is 42.0 Å². The fourth-order valence-electron chi connectivity index (χ4n) is 4.16. The molecule has 1 unspecified atom stereocenters. The Balaban J connectivity index is 2.16. The Kier molecular flexibility index (Phi) is 7.79. The lowest BCUT2D eigenvalue weighted by atomic mass is 9.93. The minimum atomic E-state index is -0.663. The van der Waals surface area contributed by atoms with Crippen LogP contribution in [0.2, 0.25) is 0 Å². The maximum absolute atomic E-state index is 13.1. The largest absolute Gasteiger partial charge is 0.507 e. The Morgan fingerprint density at radius 2 is 1.79 bits per heavy atom. The van der Waals surface area contributed by atoms with Crippen LogP contribution in [-0.2, 0) is 9.59 Å². The van der Waals surface area contributed by atoms with E-state index in [1.807, 2.05) is 52.0 Å². The standard InChI is InChI=1S/C27H33NO5/c1-6-8-15-28-24(18-9-12-20(32-5)13-10-18)23(26(30)27(28)31)25(29)19-11-14-22(33-7-2)21(16-19)17(3)4/h9-14,16-17,24,29H,6-8,15H2,1-5H3/b25-23-. The van der Waals surface area contributed by atoms with Gasteiger partial charge in [0.15, 0.2) is 0 Å². The molecular formula is C27H33NO5. The van der Waals surface area contributed by atoms with Gasteiger partial charge in [0, 0.05) is 12.1 Å². The summed E-state index contributed by atoms with van der Waals surface area (Å²) < 4.78 is 11.0. The molecule has 176 valence electrons. The maximum atomic E-state index is 13.1. The number of carbonyl (C=O) groups excluding carboxylic acids is 2. The summed E-state index contributed by atoms with van der Waals surface area (Å²) in [5.41, 5.74) is 2.29. The van der Waals surface area contributed by atoms with Crippen LogP contribution in [0.15, 0.2) is 48.0 Å². The minimum absolute atomic E-state index is 0.111. The molecule has 33 heavy (non-hydrogen) atoms. The molecule has 1 heterocycles. The van der Waals surface area contributed by atoms with Gasteiger partial charge in [-0.15, -0.1) is 0 Å². The van der Waals surface area contributed by atoms with Gasteiger partial charge in [0.25, 0.3) is 11.7 Å². The predicted molar refractivity (Wildman–Crippen MR) is 129 cm³/mol. The molecule has 1 aliphatic rings. The zero-order chi connectivity index (χ0) is 24.1. The first-order valence-electron chi connectivity index (χ1n) is 11.5. The molecule has 2 aromatic carbocycles. The molecule has 6 nitrogen and oxygen atoms in total. The van der Waals surface area contributed by atoms with Crippen molar-refractivity contribution < 1.29 is 24.2 Å². The highest BCUT2D eigenvalue weighted by Gasteiger charge is 2.45. The van der Waals surface area contributed by atoms with E-state index in [0.29, 0.717) is 24.5 Å². The van der Waals surface area contributed by atoms with Crippen molar-refractivity contribution in [3.63, 3.8) is 0 Å². The number of methoxy groups -OCH3 is 1. The number of amides is 1. The van der Waals surface area contributed by atoms with Gasteiger partial charge in [0.2, 0.25) is 0 Å². The minimum Gasteiger partial charge on any atom is -0.507 e. The number of benzene rings is 2. The van der Waals surface area contributed by atoms with E-state index in [9.17, 15) is 14.7 Å². The van der Waals surface area contributed by atoms with Crippen molar-refractivity contribution in [2.45, 2.75) is 52.5 Å². The van der Waals surface area contributed by atoms with Crippen LogP contribution in [0, 0.1) is 0 Å². The highest BCUT2D eigenvalue weighted by molar-refractivity contribution is 6.46. The fraction of sp³-hybridized carbons (Fsp3) is 0.407. The quantitative estimate of drug-likeness (QED) is 0.312. The van der Waals surface area contributed by atoms with Gasteiger partial charge in [0.1, 0.15) is 17.3 Å². The predicted octanol–water partition coefficient (Wildman–Crippen LogP) is 5.44. The monoisotopic (exact) mass is 451 g/mol. The summed E-state index contributed by atoms with van der Waals surface area (Å²) in [6.07, 6.45) is 1.65. The number of aliphatic hydroxyl groups excluding tert-OH is 1. The molecule has 1 amide bonds. The van der Waals surface area contributed by atoms with Crippen LogP contribution in [0.3, 0.4) is 0 Å². The zero-order valence-corrected chi connectivity index (χ0v) is 20.1. The number of nitrogens with zero attached hydrogens (tertiary/aromatic N) is 1. The third kappa shape index (κ3) is 4.90. The molecule has 0 aromatic heterocycles. The number of ketones is 1. The molecule has 0 aliphatic carbocycles. The topological polar surface area (TPSA) is 76.1 Å². The van der Waals surface area contributed by atoms with Gasteiger partial charge in [0.05, 0.1) is 25.3 Å². The second-order valence-corrected chi connectivity index (χ2v) is 8.46. The van der Waals surface area contributed by atoms with E-state index in [-0.39, 0.29) is 17.3 Å². The summed E-state index contributed by atoms with van der Waals surface area (Å²) in [5, 5.41) is 11.3. The number of aliphatic hydroxyl groups is 1. The normalized spacial score (nSPS) is 17.6. The van der Waals surface area contributed by atoms with Gasteiger partial charge < -0.3 is 19.5 Å². The van der Waals surface area contributed by atoms with Crippen molar-refractivity contribution in [1.29, 1.82) is 0 Å². The van der Waals surface area contributed by atoms with Crippen LogP contribution in [0.4, 0.5) is 0 Å². The molecular weight excluding hydrogens is 418 g/mol. The van der Waals surface area contributed by atoms with Gasteiger partial charge >= 0.3 is 0 Å². The van der Waals surface area contributed by atoms with E-state index in [2.05, 4.69) is 0 Å². The number of unbranched alkanes of at least 4 members (excludes halogenated alkanes) is 1. The Labute approximate surface area is 195 Å². The van der Waals surface area contributed by atoms with Crippen LogP contribution >= 0.6 is 0 Å². The Morgan fingerprint density at radius 1 is 1.09 bits per heavy atom. The third-order valence-corrected chi connectivity index (χ3v) is 5.93. The van der Waals surface area contributed by atoms with E-state index in [1.54, 1.807) is 30.2 Å². The summed E-state index contributed by atoms with van der Waals surface area (Å²) >= 11 is 0. The van der Waals surface area contributed by atoms with E-state index < -0.39 is 17.7 Å². The second kappa shape index (κ2) is 10.6. The number of hydrogen-bond acceptors (Lipinski definition) is 5. The smallest absolute Gasteiger partial charge is 0.295 e. The molecule has 1 atom stereocenters. The van der Waals surface area contributed by atoms with Crippen LogP contribution < -0.4 is 9.47 Å². The molecule has 0 spiro atoms. The SMILES string of the molecule is CCCCN1C(=O)C(=O)/C(=C(\O)c2ccc(OCC)c(C(C)C)c2)C1c1ccc(OC)cc1. The second-order valence-electron chi connectivity index (χ2n) is 8.46. The van der Waals surface area contributed by atoms with Crippen molar-refractivity contribution >= 4 is 17.4 Å². The molecule has 1 saturated heterocycles. The van der Waals surface area contributed by atoms with Crippen LogP contribution in [0.25, 0.3) is 5.76 Å². The van der Waals surface area contributed by atoms with Gasteiger partial charge in [-0.1, -0.05) is 39.3 Å². The number of likely N-dealkylation sites (tertiary alicyclic amines) is 1. The summed E-state index contributed by atoms with van der Waals surface area (Å²) in [5.74, 6) is 0.170. The Bertz CT molecular complexity index is 1040. The highest BCUT2D eigenvalue weighted by atomic mass is 16.5. The number of ether oxygens (including phenoxy) is 2. The summed E-state index contributed by atoms with van der Waals surface area (Å²) in [6.45, 7) is 9.02. The summed E-state index contributed by atoms with van der Waals surface area (Å²) in [4.78, 5) is 27.7. The maximum Gasteiger partial charge on any atom is 0.295 e. The van der Waals surface area contributed by atoms with Gasteiger partial charge in [-0.25, -0.2) is 0 Å². The molecule has 6 heteroatoms. The summed E-state index contributed by atoms with van der Waals surface area (Å²) in [7, 11) is 1.58. The number of carbonyl (C=O) groups is 2. The molecule has 2 aromatic rings. The molecule has 0 saturated carbocycles. The third-order valence-electron chi connectivity index (χ3n) is 5.93. The number of Topliss-reactive ketones (excluding diaryl/α,β-unsaturated/α-hetero) is 1. The average molecular weight is 452 g/mol. The van der Waals surface area contributed by atoms with E-state index in [4.69, 9.17) is 9.47 Å². The highest BCUT2D eigenvalue weighted by Crippen LogP contribution is 2.41. The van der Waals surface area contributed by atoms with Gasteiger partial charge in [-0.2, -0.15) is 0 Å². The Morgan fingerprint density at radius 3 is 2.36 bits per heavy atom. The summed E-state index contributed by atoms with van der Waals surface area (Å²) in [6, 6.07) is 12.0. The number of rotatable bonds is 9. The van der Waals surface area contributed by atoms with Gasteiger partial charge in [-0.3, -0.25) is 9.59 Å². The van der Waals surface area contributed by atoms with Crippen molar-refractivity contribution in [3.8, 4) is 11.5 Å². The van der Waals surface area contributed by atoms with Crippen molar-refractivity contribution in [2.75, 3.05) is 20.3 Å². The lowest BCUT2D eigenvalue weighted by molar-refractivity contribution is -0.139. The first-order chi connectivity index (χ1) is 15.8. The van der Waals surface area contributed by atoms with E-state index >= 15 is 0 Å². The first-order valence-corrected chi connectivity index (χ1v) is 11.5. The van der Waals surface area contributed by atoms with Gasteiger partial charge in [-0.05, 0) is 60.7 Å². The van der Waals surface area contributed by atoms with Crippen LogP contribution in [0.5, 0.6) is 11.5 Å². The van der Waals surface area contributed by atoms with Crippen molar-refractivity contribution in [2.24, 2.45) is 0 Å². The fourth-order valence-corrected chi connectivity index (χ4v) is 4.16. The molecule has 3 rings (SSSR count). The molecule has 0 radical (unpaired) electrons. The molecule has 1 fully saturated rings. The zero-order valence-electron chi connectivity index (χ0n) is 20.1. The van der Waals surface area contributed by atoms with E-state index in [0.717, 1.165) is 29.7 Å². The molecule has 1 aliphatic heterocycles. The van der Waals surface area contributed by atoms with Crippen molar-refractivity contribution in [3.05, 3.63) is 64.7 Å². The lowest BCUT2D eigenvalue weighted by Gasteiger charge is -2.25. The average Bonchev–Trinajstić information content (AvgIpc) is 3.07. The molecule has 1 N–H and O–H groups in total. The van der Waals surface area contributed by atoms with Crippen molar-refractivity contribution in [1.82, 2.24) is 4.90 Å². The first kappa shape index (κ1) is 24.4.